The van der Waals surface area contributed by atoms with Crippen LogP contribution in [0.25, 0.3) is 0 Å². The number of rotatable bonds is 18. The van der Waals surface area contributed by atoms with Crippen molar-refractivity contribution >= 4 is 17.7 Å². The molecule has 0 atom stereocenters. The van der Waals surface area contributed by atoms with Crippen molar-refractivity contribution in [2.45, 2.75) is 58.3 Å². The number of hydrogen-bond donors (Lipinski definition) is 3. The molecule has 211 valence electrons. The first-order chi connectivity index (χ1) is 19.6. The Labute approximate surface area is 235 Å². The van der Waals surface area contributed by atoms with Crippen LogP contribution in [-0.4, -0.2) is 17.7 Å². The minimum absolute atomic E-state index is 0.169. The van der Waals surface area contributed by atoms with Crippen LogP contribution in [0.5, 0.6) is 0 Å². The van der Waals surface area contributed by atoms with E-state index >= 15 is 0 Å². The Bertz CT molecular complexity index is 999. The summed E-state index contributed by atoms with van der Waals surface area (Å²) in [6.45, 7) is 0.778. The van der Waals surface area contributed by atoms with E-state index in [1.165, 1.54) is 0 Å². The zero-order chi connectivity index (χ0) is 28.3. The number of nitrogens with one attached hydrogen (secondary N) is 3. The van der Waals surface area contributed by atoms with E-state index in [4.69, 9.17) is 14.5 Å². The van der Waals surface area contributed by atoms with E-state index in [0.717, 1.165) is 22.6 Å². The van der Waals surface area contributed by atoms with Crippen molar-refractivity contribution in [3.63, 3.8) is 0 Å². The molecule has 0 aliphatic rings. The summed E-state index contributed by atoms with van der Waals surface area (Å²) in [7, 11) is 0. The first-order valence-electron chi connectivity index (χ1n) is 13.3. The van der Waals surface area contributed by atoms with Crippen molar-refractivity contribution in [1.82, 2.24) is 16.4 Å². The van der Waals surface area contributed by atoms with Gasteiger partial charge in [-0.1, -0.05) is 91.0 Å². The molecule has 0 saturated carbocycles. The molecule has 9 nitrogen and oxygen atoms in total. The van der Waals surface area contributed by atoms with Crippen LogP contribution in [0.15, 0.2) is 91.0 Å². The number of hydrogen-bond acceptors (Lipinski definition) is 6. The molecule has 0 aliphatic carbocycles. The smallest absolute Gasteiger partial charge is 0.243 e. The molecule has 3 amide bonds. The van der Waals surface area contributed by atoms with Gasteiger partial charge in [0.2, 0.25) is 17.7 Å². The van der Waals surface area contributed by atoms with Crippen molar-refractivity contribution < 1.29 is 28.9 Å². The molecule has 0 aliphatic heterocycles. The lowest BCUT2D eigenvalue weighted by atomic mass is 9.92. The summed E-state index contributed by atoms with van der Waals surface area (Å²) in [5, 5.41) is 0. The average molecular weight is 547 g/mol. The van der Waals surface area contributed by atoms with Gasteiger partial charge in [0.1, 0.15) is 0 Å². The van der Waals surface area contributed by atoms with Gasteiger partial charge in [-0.2, -0.15) is 0 Å². The summed E-state index contributed by atoms with van der Waals surface area (Å²) in [6, 6.07) is 28.5. The van der Waals surface area contributed by atoms with E-state index in [9.17, 15) is 14.4 Å². The minimum Gasteiger partial charge on any atom is -0.273 e. The van der Waals surface area contributed by atoms with Crippen LogP contribution < -0.4 is 16.4 Å². The fourth-order valence-corrected chi connectivity index (χ4v) is 3.72. The number of amides is 3. The van der Waals surface area contributed by atoms with Crippen molar-refractivity contribution in [1.29, 1.82) is 0 Å². The van der Waals surface area contributed by atoms with E-state index in [1.54, 1.807) is 0 Å². The van der Waals surface area contributed by atoms with Gasteiger partial charge in [-0.15, -0.1) is 0 Å². The third kappa shape index (κ3) is 13.1. The Morgan fingerprint density at radius 2 is 0.700 bits per heavy atom. The highest BCUT2D eigenvalue weighted by Gasteiger charge is 2.16. The predicted octanol–water partition coefficient (Wildman–Crippen LogP) is 4.65. The molecular formula is C31H36N3O6. The third-order valence-electron chi connectivity index (χ3n) is 5.92. The summed E-state index contributed by atoms with van der Waals surface area (Å²) < 4.78 is 0. The van der Waals surface area contributed by atoms with Crippen LogP contribution in [0.4, 0.5) is 0 Å². The third-order valence-corrected chi connectivity index (χ3v) is 5.92. The summed E-state index contributed by atoms with van der Waals surface area (Å²) in [5.41, 5.74) is 10.2. The predicted molar refractivity (Wildman–Crippen MR) is 149 cm³/mol. The molecule has 3 rings (SSSR count). The molecule has 0 aromatic heterocycles. The first kappa shape index (κ1) is 30.5. The highest BCUT2D eigenvalue weighted by molar-refractivity contribution is 5.76. The van der Waals surface area contributed by atoms with Crippen molar-refractivity contribution in [3.05, 3.63) is 114 Å². The Hall–Kier alpha value is -4.05. The molecule has 3 aromatic carbocycles. The second kappa shape index (κ2) is 18.3. The highest BCUT2D eigenvalue weighted by Crippen LogP contribution is 2.22. The lowest BCUT2D eigenvalue weighted by molar-refractivity contribution is -0.134. The topological polar surface area (TPSA) is 115 Å². The number of hydroxylamine groups is 3. The number of carbonyl (C=O) groups is 3. The van der Waals surface area contributed by atoms with Gasteiger partial charge in [0.15, 0.2) is 0 Å². The molecule has 3 aromatic rings. The zero-order valence-corrected chi connectivity index (χ0v) is 22.5. The number of benzene rings is 3. The molecule has 0 bridgehead atoms. The van der Waals surface area contributed by atoms with Gasteiger partial charge in [-0.25, -0.2) is 16.4 Å². The van der Waals surface area contributed by atoms with Gasteiger partial charge in [0.25, 0.3) is 0 Å². The molecule has 40 heavy (non-hydrogen) atoms. The molecule has 9 heteroatoms. The van der Waals surface area contributed by atoms with Gasteiger partial charge in [0, 0.05) is 19.3 Å². The normalized spacial score (nSPS) is 10.7. The van der Waals surface area contributed by atoms with E-state index < -0.39 is 0 Å². The lowest BCUT2D eigenvalue weighted by Gasteiger charge is -2.16. The largest absolute Gasteiger partial charge is 0.273 e. The SMILES string of the molecule is O=C(CC[C](CCC(=O)NOCc1ccccc1)CCC(=O)NOCc1ccccc1)NOCc1ccccc1. The maximum Gasteiger partial charge on any atom is 0.243 e. The van der Waals surface area contributed by atoms with Crippen molar-refractivity contribution in [2.24, 2.45) is 0 Å². The molecule has 1 radical (unpaired) electrons. The van der Waals surface area contributed by atoms with Crippen LogP contribution in [0.1, 0.15) is 55.2 Å². The average Bonchev–Trinajstić information content (AvgIpc) is 2.98. The first-order valence-corrected chi connectivity index (χ1v) is 13.3. The second-order valence-electron chi connectivity index (χ2n) is 9.15. The van der Waals surface area contributed by atoms with Gasteiger partial charge in [-0.3, -0.25) is 28.9 Å². The van der Waals surface area contributed by atoms with E-state index in [0.29, 0.717) is 19.3 Å². The van der Waals surface area contributed by atoms with Crippen molar-refractivity contribution in [3.8, 4) is 0 Å². The Morgan fingerprint density at radius 1 is 0.425 bits per heavy atom. The maximum absolute atomic E-state index is 12.3. The molecule has 0 saturated heterocycles. The van der Waals surface area contributed by atoms with Crippen molar-refractivity contribution in [2.75, 3.05) is 0 Å². The van der Waals surface area contributed by atoms with Crippen LogP contribution in [0, 0.1) is 5.92 Å². The van der Waals surface area contributed by atoms with Gasteiger partial charge in [-0.05, 0) is 41.9 Å². The summed E-state index contributed by atoms with van der Waals surface area (Å²) in [4.78, 5) is 52.9. The van der Waals surface area contributed by atoms with Crippen LogP contribution in [-0.2, 0) is 48.7 Å². The van der Waals surface area contributed by atoms with E-state index in [-0.39, 0.29) is 56.8 Å². The second-order valence-corrected chi connectivity index (χ2v) is 9.15. The molecule has 0 heterocycles. The van der Waals surface area contributed by atoms with Crippen LogP contribution >= 0.6 is 0 Å². The Balaban J connectivity index is 1.39. The molecular weight excluding hydrogens is 510 g/mol. The molecule has 0 fully saturated rings. The fraction of sp³-hybridized carbons (Fsp3) is 0.290. The standard InChI is InChI=1S/C31H36N3O6/c35-29(32-38-22-26-10-4-1-5-11-26)19-16-25(17-20-30(36)33-39-23-27-12-6-2-7-13-27)18-21-31(37)34-40-24-28-14-8-3-9-15-28/h1-15H,16-24H2,(H,32,35)(H,33,36)(H,34,37). The summed E-state index contributed by atoms with van der Waals surface area (Å²) in [5.74, 6) is 0.0776. The molecule has 3 N–H and O–H groups in total. The molecule has 0 spiro atoms. The lowest BCUT2D eigenvalue weighted by Crippen LogP contribution is -2.26. The maximum atomic E-state index is 12.3. The van der Waals surface area contributed by atoms with E-state index in [2.05, 4.69) is 16.4 Å². The van der Waals surface area contributed by atoms with Gasteiger partial charge in [0.05, 0.1) is 19.8 Å². The van der Waals surface area contributed by atoms with Crippen LogP contribution in [0.3, 0.4) is 0 Å². The van der Waals surface area contributed by atoms with Gasteiger partial charge < -0.3 is 0 Å². The fourth-order valence-electron chi connectivity index (χ4n) is 3.72. The van der Waals surface area contributed by atoms with Gasteiger partial charge >= 0.3 is 0 Å². The minimum atomic E-state index is -0.278. The van der Waals surface area contributed by atoms with E-state index in [1.807, 2.05) is 91.0 Å². The van der Waals surface area contributed by atoms with Crippen LogP contribution in [0.2, 0.25) is 0 Å². The summed E-state index contributed by atoms with van der Waals surface area (Å²) >= 11 is 0. The molecule has 0 unspecified atom stereocenters. The number of carbonyl (C=O) groups excluding carboxylic acids is 3. The monoisotopic (exact) mass is 546 g/mol. The highest BCUT2D eigenvalue weighted by atomic mass is 16.7. The summed E-state index contributed by atoms with van der Waals surface area (Å²) in [6.07, 6.45) is 1.75. The quantitative estimate of drug-likeness (QED) is 0.200. The Kier molecular flexibility index (Phi) is 13.9. The Morgan fingerprint density at radius 3 is 0.975 bits per heavy atom. The zero-order valence-electron chi connectivity index (χ0n) is 22.5.